The molecule has 2 unspecified atom stereocenters. The number of alkyl halides is 10. The predicted molar refractivity (Wildman–Crippen MR) is 45.7 cm³/mol. The number of halogens is 10. The third kappa shape index (κ3) is 2.43. The number of rotatable bonds is 3. The van der Waals surface area contributed by atoms with Crippen molar-refractivity contribution >= 4 is 58.0 Å². The molecule has 10 heteroatoms. The molecule has 0 aromatic rings. The molecule has 0 aromatic carbocycles. The van der Waals surface area contributed by atoms with E-state index >= 15 is 0 Å². The Morgan fingerprint density at radius 2 is 0.857 bits per heavy atom. The first-order valence-corrected chi connectivity index (χ1v) is 4.53. The highest BCUT2D eigenvalue weighted by molar-refractivity contribution is 6.53. The molecule has 0 aliphatic heterocycles. The maximum atomic E-state index is 12.9. The summed E-state index contributed by atoms with van der Waals surface area (Å²) in [5.74, 6) is 0. The van der Waals surface area contributed by atoms with Gasteiger partial charge in [0.05, 0.1) is 0 Å². The van der Waals surface area contributed by atoms with Crippen LogP contribution in [0.3, 0.4) is 0 Å². The molecule has 0 saturated carbocycles. The summed E-state index contributed by atoms with van der Waals surface area (Å²) in [6.07, 6.45) is 0. The molecular weight excluding hydrogens is 320 g/mol. The Hall–Kier alpha value is 1.10. The first-order chi connectivity index (χ1) is 5.75. The van der Waals surface area contributed by atoms with Crippen LogP contribution >= 0.6 is 58.0 Å². The van der Waals surface area contributed by atoms with Crippen LogP contribution in [-0.2, 0) is 0 Å². The van der Waals surface area contributed by atoms with Gasteiger partial charge in [-0.1, -0.05) is 46.4 Å². The molecule has 2 atom stereocenters. The molecular formula is C4Cl5F5. The molecule has 0 heterocycles. The minimum atomic E-state index is -5.01. The second-order valence-electron chi connectivity index (χ2n) is 2.14. The maximum Gasteiger partial charge on any atom is 0.373 e. The van der Waals surface area contributed by atoms with Gasteiger partial charge in [-0.25, -0.2) is 13.2 Å². The highest BCUT2D eigenvalue weighted by atomic mass is 35.5. The van der Waals surface area contributed by atoms with Crippen molar-refractivity contribution in [1.82, 2.24) is 0 Å². The lowest BCUT2D eigenvalue weighted by atomic mass is 10.2. The van der Waals surface area contributed by atoms with E-state index in [4.69, 9.17) is 0 Å². The van der Waals surface area contributed by atoms with Crippen molar-refractivity contribution in [2.75, 3.05) is 0 Å². The van der Waals surface area contributed by atoms with Gasteiger partial charge in [-0.15, -0.1) is 0 Å². The minimum absolute atomic E-state index is 4.07. The van der Waals surface area contributed by atoms with E-state index in [0.29, 0.717) is 0 Å². The first-order valence-electron chi connectivity index (χ1n) is 2.64. The summed E-state index contributed by atoms with van der Waals surface area (Å²) in [5.41, 5.74) is 0. The fourth-order valence-electron chi connectivity index (χ4n) is 0.356. The molecule has 0 saturated heterocycles. The molecule has 0 nitrogen and oxygen atoms in total. The van der Waals surface area contributed by atoms with Gasteiger partial charge >= 0.3 is 20.2 Å². The van der Waals surface area contributed by atoms with Gasteiger partial charge in [0.1, 0.15) is 0 Å². The second-order valence-corrected chi connectivity index (χ2v) is 4.90. The number of hydrogen-bond donors (Lipinski definition) is 0. The van der Waals surface area contributed by atoms with Crippen LogP contribution in [0.25, 0.3) is 0 Å². The lowest BCUT2D eigenvalue weighted by Crippen LogP contribution is -2.56. The van der Waals surface area contributed by atoms with E-state index < -0.39 is 20.2 Å². The zero-order valence-corrected chi connectivity index (χ0v) is 9.56. The van der Waals surface area contributed by atoms with Crippen molar-refractivity contribution in [3.8, 4) is 0 Å². The lowest BCUT2D eigenvalue weighted by Gasteiger charge is -2.35. The van der Waals surface area contributed by atoms with Crippen molar-refractivity contribution in [2.45, 2.75) is 20.2 Å². The normalized spacial score (nSPS) is 22.7. The average Bonchev–Trinajstić information content (AvgIpc) is 1.81. The van der Waals surface area contributed by atoms with Crippen molar-refractivity contribution in [2.24, 2.45) is 0 Å². The average molecular weight is 320 g/mol. The van der Waals surface area contributed by atoms with E-state index in [1.807, 2.05) is 0 Å². The van der Waals surface area contributed by atoms with E-state index in [-0.39, 0.29) is 0 Å². The highest BCUT2D eigenvalue weighted by Crippen LogP contribution is 2.58. The van der Waals surface area contributed by atoms with Gasteiger partial charge in [-0.2, -0.15) is 8.78 Å². The summed E-state index contributed by atoms with van der Waals surface area (Å²) >= 11 is 21.6. The van der Waals surface area contributed by atoms with E-state index in [9.17, 15) is 22.0 Å². The van der Waals surface area contributed by atoms with Crippen LogP contribution in [-0.4, -0.2) is 20.2 Å². The molecule has 86 valence electrons. The Morgan fingerprint density at radius 3 is 0.929 bits per heavy atom. The summed E-state index contributed by atoms with van der Waals surface area (Å²) in [5, 5.41) is -14.5. The Morgan fingerprint density at radius 1 is 0.571 bits per heavy atom. The Bertz CT molecular complexity index is 191. The Balaban J connectivity index is 5.30. The fraction of sp³-hybridized carbons (Fsp3) is 1.00. The molecule has 0 rings (SSSR count). The van der Waals surface area contributed by atoms with E-state index in [2.05, 4.69) is 58.0 Å². The lowest BCUT2D eigenvalue weighted by molar-refractivity contribution is -0.0930. The summed E-state index contributed by atoms with van der Waals surface area (Å²) < 4.78 is 58.4. The van der Waals surface area contributed by atoms with Gasteiger partial charge in [-0.3, -0.25) is 0 Å². The summed E-state index contributed by atoms with van der Waals surface area (Å²) in [6.45, 7) is 0. The van der Waals surface area contributed by atoms with Crippen LogP contribution < -0.4 is 0 Å². The Kier molecular flexibility index (Phi) is 4.14. The van der Waals surface area contributed by atoms with Gasteiger partial charge < -0.3 is 0 Å². The third-order valence-corrected chi connectivity index (χ3v) is 3.29. The maximum absolute atomic E-state index is 12.9. The fourth-order valence-corrected chi connectivity index (χ4v) is 1.14. The van der Waals surface area contributed by atoms with Gasteiger partial charge in [0, 0.05) is 0 Å². The minimum Gasteiger partial charge on any atom is -0.214 e. The van der Waals surface area contributed by atoms with Gasteiger partial charge in [-0.05, 0) is 11.6 Å². The largest absolute Gasteiger partial charge is 0.373 e. The van der Waals surface area contributed by atoms with Crippen LogP contribution in [0.1, 0.15) is 0 Å². The molecule has 0 radical (unpaired) electrons. The SMILES string of the molecule is FC(F)(Cl)C(F)(Cl)C(F)(Cl)C(F)(Cl)Cl. The van der Waals surface area contributed by atoms with Crippen molar-refractivity contribution in [3.05, 3.63) is 0 Å². The zero-order valence-electron chi connectivity index (χ0n) is 5.78. The zero-order chi connectivity index (χ0) is 12.0. The van der Waals surface area contributed by atoms with Crippen LogP contribution in [0.5, 0.6) is 0 Å². The van der Waals surface area contributed by atoms with Crippen LogP contribution in [0.2, 0.25) is 0 Å². The van der Waals surface area contributed by atoms with E-state index in [1.165, 1.54) is 0 Å². The molecule has 0 aliphatic rings. The van der Waals surface area contributed by atoms with Crippen LogP contribution in [0.4, 0.5) is 22.0 Å². The van der Waals surface area contributed by atoms with Crippen LogP contribution in [0, 0.1) is 0 Å². The molecule has 14 heavy (non-hydrogen) atoms. The standard InChI is InChI=1S/C4Cl5F5/c5-1(10,3(7,8)12)2(6,11)4(9,13)14. The molecule has 0 fully saturated rings. The van der Waals surface area contributed by atoms with Gasteiger partial charge in [0.25, 0.3) is 0 Å². The summed E-state index contributed by atoms with van der Waals surface area (Å²) in [4.78, 5) is 0. The summed E-state index contributed by atoms with van der Waals surface area (Å²) in [6, 6.07) is 0. The molecule has 0 N–H and O–H groups in total. The summed E-state index contributed by atoms with van der Waals surface area (Å²) in [7, 11) is 0. The Labute approximate surface area is 100 Å². The second kappa shape index (κ2) is 3.84. The smallest absolute Gasteiger partial charge is 0.214 e. The van der Waals surface area contributed by atoms with Crippen molar-refractivity contribution in [1.29, 1.82) is 0 Å². The van der Waals surface area contributed by atoms with Crippen molar-refractivity contribution in [3.63, 3.8) is 0 Å². The third-order valence-electron chi connectivity index (χ3n) is 1.11. The molecule has 0 amide bonds. The first kappa shape index (κ1) is 15.1. The van der Waals surface area contributed by atoms with Crippen LogP contribution in [0.15, 0.2) is 0 Å². The van der Waals surface area contributed by atoms with E-state index in [0.717, 1.165) is 0 Å². The van der Waals surface area contributed by atoms with Gasteiger partial charge in [0.2, 0.25) is 0 Å². The van der Waals surface area contributed by atoms with Gasteiger partial charge in [0.15, 0.2) is 0 Å². The molecule has 0 bridgehead atoms. The predicted octanol–water partition coefficient (Wildman–Crippen LogP) is 4.73. The van der Waals surface area contributed by atoms with Crippen molar-refractivity contribution < 1.29 is 22.0 Å². The monoisotopic (exact) mass is 318 g/mol. The number of hydrogen-bond acceptors (Lipinski definition) is 0. The quantitative estimate of drug-likeness (QED) is 0.521. The topological polar surface area (TPSA) is 0 Å². The molecule has 0 aliphatic carbocycles. The molecule has 0 spiro atoms. The van der Waals surface area contributed by atoms with E-state index in [1.54, 1.807) is 0 Å². The highest BCUT2D eigenvalue weighted by Gasteiger charge is 2.75. The molecule has 0 aromatic heterocycles.